The average Bonchev–Trinajstić information content (AvgIpc) is 3.30. The van der Waals surface area contributed by atoms with E-state index in [1.807, 2.05) is 21.4 Å². The van der Waals surface area contributed by atoms with E-state index in [0.717, 1.165) is 71.7 Å². The van der Waals surface area contributed by atoms with Crippen molar-refractivity contribution in [3.63, 3.8) is 0 Å². The molecule has 0 aromatic carbocycles. The fourth-order valence-corrected chi connectivity index (χ4v) is 4.85. The molecule has 1 aromatic heterocycles. The molecule has 3 saturated heterocycles. The van der Waals surface area contributed by atoms with E-state index in [1.165, 1.54) is 5.01 Å². The monoisotopic (exact) mass is 350 g/mol. The van der Waals surface area contributed by atoms with Crippen molar-refractivity contribution < 1.29 is 9.53 Å². The molecule has 3 fully saturated rings. The first kappa shape index (κ1) is 16.3. The normalized spacial score (nSPS) is 28.7. The molecule has 4 heterocycles. The third-order valence-corrected chi connectivity index (χ3v) is 6.21. The summed E-state index contributed by atoms with van der Waals surface area (Å²) in [6.45, 7) is 7.79. The maximum atomic E-state index is 12.8. The molecule has 0 radical (unpaired) electrons. The number of urea groups is 1. The van der Waals surface area contributed by atoms with Crippen LogP contribution in [0.15, 0.2) is 11.6 Å². The van der Waals surface area contributed by atoms with Crippen LogP contribution in [0.2, 0.25) is 0 Å². The highest BCUT2D eigenvalue weighted by molar-refractivity contribution is 7.09. The van der Waals surface area contributed by atoms with Gasteiger partial charge in [-0.05, 0) is 25.8 Å². The van der Waals surface area contributed by atoms with Gasteiger partial charge in [0.05, 0.1) is 19.8 Å². The molecule has 3 aliphatic rings. The first-order valence-corrected chi connectivity index (χ1v) is 9.84. The predicted molar refractivity (Wildman–Crippen MR) is 93.0 cm³/mol. The molecule has 0 aliphatic carbocycles. The number of ether oxygens (including phenoxy) is 1. The Hall–Kier alpha value is -1.18. The molecule has 0 unspecified atom stereocenters. The number of carbonyl (C=O) groups excluding carboxylic acids is 1. The first-order chi connectivity index (χ1) is 11.7. The number of amides is 2. The summed E-state index contributed by atoms with van der Waals surface area (Å²) in [6, 6.07) is 0.218. The summed E-state index contributed by atoms with van der Waals surface area (Å²) in [5.41, 5.74) is 0.0865. The minimum atomic E-state index is 0.0865. The van der Waals surface area contributed by atoms with Gasteiger partial charge in [-0.2, -0.15) is 0 Å². The number of thiazole rings is 1. The number of carbonyl (C=O) groups is 1. The molecule has 7 heteroatoms. The van der Waals surface area contributed by atoms with Gasteiger partial charge in [0, 0.05) is 49.7 Å². The van der Waals surface area contributed by atoms with Gasteiger partial charge in [-0.3, -0.25) is 4.90 Å². The fraction of sp³-hybridized carbons (Fsp3) is 0.765. The summed E-state index contributed by atoms with van der Waals surface area (Å²) in [4.78, 5) is 23.7. The molecule has 1 spiro atoms. The predicted octanol–water partition coefficient (Wildman–Crippen LogP) is 1.88. The van der Waals surface area contributed by atoms with Crippen LogP contribution in [0.3, 0.4) is 0 Å². The molecule has 2 amide bonds. The summed E-state index contributed by atoms with van der Waals surface area (Å²) in [7, 11) is 0. The second-order valence-corrected chi connectivity index (χ2v) is 8.32. The highest BCUT2D eigenvalue weighted by Gasteiger charge is 2.42. The van der Waals surface area contributed by atoms with E-state index >= 15 is 0 Å². The Bertz CT molecular complexity index is 561. The van der Waals surface area contributed by atoms with E-state index in [-0.39, 0.29) is 11.4 Å². The maximum Gasteiger partial charge on any atom is 0.320 e. The lowest BCUT2D eigenvalue weighted by atomic mass is 9.87. The molecule has 0 N–H and O–H groups in total. The van der Waals surface area contributed by atoms with Crippen LogP contribution >= 0.6 is 11.3 Å². The summed E-state index contributed by atoms with van der Waals surface area (Å²) in [6.07, 6.45) is 5.25. The zero-order chi connectivity index (χ0) is 16.4. The van der Waals surface area contributed by atoms with Gasteiger partial charge in [-0.1, -0.05) is 0 Å². The first-order valence-electron chi connectivity index (χ1n) is 8.97. The van der Waals surface area contributed by atoms with E-state index in [1.54, 1.807) is 11.3 Å². The Labute approximate surface area is 147 Å². The summed E-state index contributed by atoms with van der Waals surface area (Å²) < 4.78 is 5.91. The number of aromatic nitrogens is 1. The molecule has 3 aliphatic heterocycles. The Balaban J connectivity index is 1.41. The number of likely N-dealkylation sites (tertiary alicyclic amines) is 2. The SMILES string of the molecule is O=C(N1CCCC1)N1CCOC[C@@]2(CCN(Cc3nccs3)C2)C1. The van der Waals surface area contributed by atoms with Gasteiger partial charge in [-0.15, -0.1) is 11.3 Å². The number of nitrogens with zero attached hydrogens (tertiary/aromatic N) is 4. The maximum absolute atomic E-state index is 12.8. The summed E-state index contributed by atoms with van der Waals surface area (Å²) in [5, 5.41) is 3.21. The molecule has 6 nitrogen and oxygen atoms in total. The van der Waals surface area contributed by atoms with Crippen LogP contribution < -0.4 is 0 Å². The van der Waals surface area contributed by atoms with Gasteiger partial charge in [0.1, 0.15) is 5.01 Å². The number of hydrogen-bond donors (Lipinski definition) is 0. The zero-order valence-electron chi connectivity index (χ0n) is 14.2. The minimum Gasteiger partial charge on any atom is -0.379 e. The van der Waals surface area contributed by atoms with Crippen molar-refractivity contribution in [3.8, 4) is 0 Å². The van der Waals surface area contributed by atoms with Crippen molar-refractivity contribution in [3.05, 3.63) is 16.6 Å². The van der Waals surface area contributed by atoms with E-state index in [0.29, 0.717) is 6.61 Å². The molecular formula is C17H26N4O2S. The van der Waals surface area contributed by atoms with Crippen LogP contribution in [0.25, 0.3) is 0 Å². The highest BCUT2D eigenvalue weighted by Crippen LogP contribution is 2.34. The van der Waals surface area contributed by atoms with Crippen molar-refractivity contribution in [2.24, 2.45) is 5.41 Å². The molecule has 0 saturated carbocycles. The molecule has 1 atom stereocenters. The molecule has 132 valence electrons. The highest BCUT2D eigenvalue weighted by atomic mass is 32.1. The molecular weight excluding hydrogens is 324 g/mol. The van der Waals surface area contributed by atoms with Crippen LogP contribution in [0.1, 0.15) is 24.3 Å². The Kier molecular flexibility index (Phi) is 4.74. The van der Waals surface area contributed by atoms with Gasteiger partial charge in [-0.25, -0.2) is 9.78 Å². The second-order valence-electron chi connectivity index (χ2n) is 7.34. The van der Waals surface area contributed by atoms with Gasteiger partial charge < -0.3 is 14.5 Å². The van der Waals surface area contributed by atoms with Crippen molar-refractivity contribution in [2.75, 3.05) is 52.5 Å². The van der Waals surface area contributed by atoms with Gasteiger partial charge in [0.25, 0.3) is 0 Å². The Morgan fingerprint density at radius 3 is 2.88 bits per heavy atom. The fourth-order valence-electron chi connectivity index (χ4n) is 4.20. The summed E-state index contributed by atoms with van der Waals surface area (Å²) >= 11 is 1.72. The van der Waals surface area contributed by atoms with Gasteiger partial charge >= 0.3 is 6.03 Å². The second kappa shape index (κ2) is 6.98. The van der Waals surface area contributed by atoms with Crippen LogP contribution in [-0.4, -0.2) is 78.2 Å². The molecule has 0 bridgehead atoms. The van der Waals surface area contributed by atoms with Crippen molar-refractivity contribution in [1.82, 2.24) is 19.7 Å². The lowest BCUT2D eigenvalue weighted by Crippen LogP contribution is -2.48. The topological polar surface area (TPSA) is 48.9 Å². The minimum absolute atomic E-state index is 0.0865. The third-order valence-electron chi connectivity index (χ3n) is 5.45. The largest absolute Gasteiger partial charge is 0.379 e. The van der Waals surface area contributed by atoms with Gasteiger partial charge in [0.2, 0.25) is 0 Å². The Morgan fingerprint density at radius 1 is 1.21 bits per heavy atom. The van der Waals surface area contributed by atoms with Crippen LogP contribution in [0.5, 0.6) is 0 Å². The lowest BCUT2D eigenvalue weighted by Gasteiger charge is -2.34. The third kappa shape index (κ3) is 3.43. The smallest absolute Gasteiger partial charge is 0.320 e. The van der Waals surface area contributed by atoms with Crippen LogP contribution in [-0.2, 0) is 11.3 Å². The van der Waals surface area contributed by atoms with Crippen molar-refractivity contribution in [1.29, 1.82) is 0 Å². The number of rotatable bonds is 2. The Morgan fingerprint density at radius 2 is 2.08 bits per heavy atom. The molecule has 4 rings (SSSR count). The van der Waals surface area contributed by atoms with E-state index in [9.17, 15) is 4.79 Å². The standard InChI is InChI=1S/C17H26N4O2S/c22-16(20-5-1-2-6-20)21-8-9-23-14-17(13-21)3-7-19(12-17)11-15-18-4-10-24-15/h4,10H,1-3,5-9,11-14H2/t17-/m1/s1. The van der Waals surface area contributed by atoms with Crippen molar-refractivity contribution >= 4 is 17.4 Å². The van der Waals surface area contributed by atoms with Crippen LogP contribution in [0, 0.1) is 5.41 Å². The lowest BCUT2D eigenvalue weighted by molar-refractivity contribution is 0.0710. The zero-order valence-corrected chi connectivity index (χ0v) is 15.0. The summed E-state index contributed by atoms with van der Waals surface area (Å²) in [5.74, 6) is 0. The van der Waals surface area contributed by atoms with Crippen molar-refractivity contribution in [2.45, 2.75) is 25.8 Å². The quantitative estimate of drug-likeness (QED) is 0.817. The average molecular weight is 350 g/mol. The van der Waals surface area contributed by atoms with Gasteiger partial charge in [0.15, 0.2) is 0 Å². The van der Waals surface area contributed by atoms with Crippen LogP contribution in [0.4, 0.5) is 4.79 Å². The van der Waals surface area contributed by atoms with E-state index < -0.39 is 0 Å². The van der Waals surface area contributed by atoms with E-state index in [4.69, 9.17) is 4.74 Å². The number of hydrogen-bond acceptors (Lipinski definition) is 5. The molecule has 1 aromatic rings. The molecule has 24 heavy (non-hydrogen) atoms. The van der Waals surface area contributed by atoms with E-state index in [2.05, 4.69) is 9.88 Å².